The number of rotatable bonds is 2. The van der Waals surface area contributed by atoms with Gasteiger partial charge in [-0.05, 0) is 30.3 Å². The SMILES string of the molecule is C[Si](C)(C)C#Cc1ccc(/C=C\[Si](C)(C)C)nc1.C[Si](C)(C)C#Cc1ccc(C#C[Si](C)(C)C)nc1. The quantitative estimate of drug-likeness (QED) is 0.285. The minimum Gasteiger partial charge on any atom is -0.256 e. The zero-order chi connectivity index (χ0) is 27.6. The molecule has 2 aromatic heterocycles. The predicted octanol–water partition coefficient (Wildman–Crippen LogP) is 7.74. The summed E-state index contributed by atoms with van der Waals surface area (Å²) in [6.45, 7) is 27.1. The van der Waals surface area contributed by atoms with Gasteiger partial charge in [-0.25, -0.2) is 4.98 Å². The zero-order valence-corrected chi connectivity index (χ0v) is 28.5. The van der Waals surface area contributed by atoms with Crippen molar-refractivity contribution in [3.63, 3.8) is 0 Å². The molecule has 2 nitrogen and oxygen atoms in total. The third kappa shape index (κ3) is 17.1. The number of aromatic nitrogens is 2. The highest BCUT2D eigenvalue weighted by atomic mass is 28.3. The van der Waals surface area contributed by atoms with E-state index < -0.39 is 32.3 Å². The molecule has 0 unspecified atom stereocenters. The van der Waals surface area contributed by atoms with Gasteiger partial charge in [0.05, 0.1) is 13.8 Å². The van der Waals surface area contributed by atoms with E-state index in [0.717, 1.165) is 22.5 Å². The van der Waals surface area contributed by atoms with Gasteiger partial charge in [-0.3, -0.25) is 4.98 Å². The van der Waals surface area contributed by atoms with Crippen LogP contribution < -0.4 is 0 Å². The van der Waals surface area contributed by atoms with Crippen LogP contribution in [0.1, 0.15) is 22.5 Å². The topological polar surface area (TPSA) is 25.8 Å². The van der Waals surface area contributed by atoms with Gasteiger partial charge in [0.25, 0.3) is 0 Å². The molecule has 0 aliphatic heterocycles. The Balaban J connectivity index is 0.000000360. The van der Waals surface area contributed by atoms with E-state index in [-0.39, 0.29) is 0 Å². The minimum absolute atomic E-state index is 0.843. The van der Waals surface area contributed by atoms with E-state index in [4.69, 9.17) is 0 Å². The third-order valence-corrected chi connectivity index (χ3v) is 7.82. The Labute approximate surface area is 225 Å². The first kappa shape index (κ1) is 31.6. The van der Waals surface area contributed by atoms with Crippen LogP contribution in [0.2, 0.25) is 78.6 Å². The summed E-state index contributed by atoms with van der Waals surface area (Å²) in [5.74, 6) is 9.56. The Kier molecular flexibility index (Phi) is 11.6. The first-order valence-corrected chi connectivity index (χ1v) is 26.6. The van der Waals surface area contributed by atoms with Gasteiger partial charge in [0, 0.05) is 23.5 Å². The van der Waals surface area contributed by atoms with E-state index in [2.05, 4.69) is 141 Å². The van der Waals surface area contributed by atoms with E-state index in [0.29, 0.717) is 0 Å². The maximum atomic E-state index is 4.43. The molecule has 2 heterocycles. The van der Waals surface area contributed by atoms with Crippen LogP contribution in [0.25, 0.3) is 6.08 Å². The van der Waals surface area contributed by atoms with Crippen LogP contribution in [0, 0.1) is 34.4 Å². The molecule has 2 aromatic rings. The molecule has 0 amide bonds. The van der Waals surface area contributed by atoms with E-state index in [1.807, 2.05) is 30.6 Å². The Hall–Kier alpha value is -2.41. The predicted molar refractivity (Wildman–Crippen MR) is 172 cm³/mol. The summed E-state index contributed by atoms with van der Waals surface area (Å²) < 4.78 is 0. The minimum atomic E-state index is -1.32. The second-order valence-corrected chi connectivity index (χ2v) is 32.4. The van der Waals surface area contributed by atoms with Crippen molar-refractivity contribution in [3.8, 4) is 34.4 Å². The number of hydrogen-bond acceptors (Lipinski definition) is 2. The van der Waals surface area contributed by atoms with Crippen molar-refractivity contribution < 1.29 is 0 Å². The lowest BCUT2D eigenvalue weighted by Crippen LogP contribution is -2.16. The molecule has 190 valence electrons. The van der Waals surface area contributed by atoms with Crippen LogP contribution >= 0.6 is 0 Å². The summed E-state index contributed by atoms with van der Waals surface area (Å²) in [5, 5.41) is 0. The van der Waals surface area contributed by atoms with E-state index in [1.54, 1.807) is 0 Å². The zero-order valence-electron chi connectivity index (χ0n) is 24.5. The van der Waals surface area contributed by atoms with Gasteiger partial charge in [0.15, 0.2) is 0 Å². The van der Waals surface area contributed by atoms with Gasteiger partial charge < -0.3 is 0 Å². The number of nitrogens with zero attached hydrogens (tertiary/aromatic N) is 2. The van der Waals surface area contributed by atoms with Gasteiger partial charge in [0.1, 0.15) is 29.9 Å². The summed E-state index contributed by atoms with van der Waals surface area (Å²) in [6, 6.07) is 8.07. The fourth-order valence-corrected chi connectivity index (χ4v) is 4.44. The smallest absolute Gasteiger partial charge is 0.129 e. The van der Waals surface area contributed by atoms with Crippen molar-refractivity contribution in [1.82, 2.24) is 9.97 Å². The third-order valence-electron chi connectivity index (χ3n) is 4.03. The molecule has 0 saturated heterocycles. The highest BCUT2D eigenvalue weighted by molar-refractivity contribution is 6.84. The van der Waals surface area contributed by atoms with E-state index in [1.165, 1.54) is 0 Å². The molecule has 0 fully saturated rings. The maximum Gasteiger partial charge on any atom is 0.129 e. The lowest BCUT2D eigenvalue weighted by molar-refractivity contribution is 1.27. The Morgan fingerprint density at radius 3 is 1.36 bits per heavy atom. The molecule has 2 rings (SSSR count). The molecule has 0 aliphatic rings. The molecule has 0 aromatic carbocycles. The largest absolute Gasteiger partial charge is 0.256 e. The normalized spacial score (nSPS) is 11.7. The van der Waals surface area contributed by atoms with Gasteiger partial charge in [-0.1, -0.05) is 102 Å². The average molecular weight is 545 g/mol. The molecule has 0 bridgehead atoms. The molecular weight excluding hydrogens is 501 g/mol. The summed E-state index contributed by atoms with van der Waals surface area (Å²) in [4.78, 5) is 8.77. The number of pyridine rings is 2. The maximum absolute atomic E-state index is 4.43. The standard InChI is InChI=1S/C15H23NSi2.C15H21NSi2/c2*1-17(2,3)11-9-14-7-8-15(16-13-14)10-12-18(4,5)6/h7-8,10,12-13H,1-6H3;7-8,13H,1-6H3/b12-10-;. The van der Waals surface area contributed by atoms with Crippen LogP contribution in [0.5, 0.6) is 0 Å². The summed E-state index contributed by atoms with van der Waals surface area (Å²) in [6.07, 6.45) is 5.82. The molecule has 0 atom stereocenters. The highest BCUT2D eigenvalue weighted by Gasteiger charge is 2.09. The highest BCUT2D eigenvalue weighted by Crippen LogP contribution is 2.08. The van der Waals surface area contributed by atoms with Gasteiger partial charge in [-0.2, -0.15) is 0 Å². The Morgan fingerprint density at radius 2 is 1.00 bits per heavy atom. The van der Waals surface area contributed by atoms with Crippen LogP contribution in [0.3, 0.4) is 0 Å². The van der Waals surface area contributed by atoms with Crippen molar-refractivity contribution >= 4 is 38.4 Å². The lowest BCUT2D eigenvalue weighted by atomic mass is 10.2. The van der Waals surface area contributed by atoms with Crippen LogP contribution in [-0.2, 0) is 0 Å². The molecule has 6 heteroatoms. The fraction of sp³-hybridized carbons (Fsp3) is 0.400. The van der Waals surface area contributed by atoms with Crippen molar-refractivity contribution in [1.29, 1.82) is 0 Å². The molecular formula is C30H44N2Si4. The summed E-state index contributed by atoms with van der Waals surface area (Å²) in [5.41, 5.74) is 16.2. The lowest BCUT2D eigenvalue weighted by Gasteiger charge is -2.07. The van der Waals surface area contributed by atoms with E-state index in [9.17, 15) is 0 Å². The summed E-state index contributed by atoms with van der Waals surface area (Å²) >= 11 is 0. The van der Waals surface area contributed by atoms with Gasteiger partial charge >= 0.3 is 0 Å². The molecule has 36 heavy (non-hydrogen) atoms. The average Bonchev–Trinajstić information content (AvgIpc) is 2.73. The molecule has 0 aliphatic carbocycles. The first-order valence-electron chi connectivity index (χ1n) is 12.5. The van der Waals surface area contributed by atoms with Crippen LogP contribution in [0.15, 0.2) is 42.4 Å². The molecule has 0 radical (unpaired) electrons. The Bertz CT molecular complexity index is 1150. The van der Waals surface area contributed by atoms with Crippen molar-refractivity contribution in [2.24, 2.45) is 0 Å². The number of hydrogen-bond donors (Lipinski definition) is 0. The Morgan fingerprint density at radius 1 is 0.556 bits per heavy atom. The molecule has 0 spiro atoms. The summed E-state index contributed by atoms with van der Waals surface area (Å²) in [7, 11) is -5.05. The molecule has 0 N–H and O–H groups in total. The van der Waals surface area contributed by atoms with Crippen molar-refractivity contribution in [3.05, 3.63) is 64.9 Å². The van der Waals surface area contributed by atoms with Crippen molar-refractivity contribution in [2.45, 2.75) is 78.6 Å². The van der Waals surface area contributed by atoms with Gasteiger partial charge in [-0.15, -0.1) is 16.6 Å². The second kappa shape index (κ2) is 13.2. The van der Waals surface area contributed by atoms with E-state index >= 15 is 0 Å². The molecule has 0 saturated carbocycles. The fourth-order valence-electron chi connectivity index (χ4n) is 2.23. The van der Waals surface area contributed by atoms with Crippen LogP contribution in [0.4, 0.5) is 0 Å². The monoisotopic (exact) mass is 544 g/mol. The second-order valence-electron chi connectivity index (χ2n) is 13.1. The first-order chi connectivity index (χ1) is 16.3. The van der Waals surface area contributed by atoms with Crippen LogP contribution in [-0.4, -0.2) is 42.3 Å². The van der Waals surface area contributed by atoms with Crippen molar-refractivity contribution in [2.75, 3.05) is 0 Å². The van der Waals surface area contributed by atoms with Gasteiger partial charge in [0.2, 0.25) is 0 Å².